The van der Waals surface area contributed by atoms with Gasteiger partial charge in [-0.2, -0.15) is 0 Å². The van der Waals surface area contributed by atoms with Crippen LogP contribution in [0.25, 0.3) is 0 Å². The molecule has 0 nitrogen and oxygen atoms in total. The molecule has 2 aliphatic carbocycles. The van der Waals surface area contributed by atoms with Gasteiger partial charge in [-0.05, 0) is 64.2 Å². The summed E-state index contributed by atoms with van der Waals surface area (Å²) < 4.78 is 0. The highest BCUT2D eigenvalue weighted by molar-refractivity contribution is 5.29. The van der Waals surface area contributed by atoms with Crippen molar-refractivity contribution < 1.29 is 0 Å². The first-order chi connectivity index (χ1) is 7.06. The molecule has 0 saturated heterocycles. The van der Waals surface area contributed by atoms with Crippen LogP contribution >= 0.6 is 0 Å². The Hall–Kier alpha value is -0.520. The van der Waals surface area contributed by atoms with E-state index in [4.69, 9.17) is 0 Å². The monoisotopic (exact) mass is 204 g/mol. The zero-order chi connectivity index (χ0) is 11.1. The van der Waals surface area contributed by atoms with Gasteiger partial charge in [0.25, 0.3) is 0 Å². The van der Waals surface area contributed by atoms with E-state index >= 15 is 0 Å². The predicted octanol–water partition coefficient (Wildman–Crippen LogP) is 4.87. The van der Waals surface area contributed by atoms with Crippen LogP contribution in [0.4, 0.5) is 0 Å². The molecule has 0 heterocycles. The van der Waals surface area contributed by atoms with Crippen LogP contribution in [0.5, 0.6) is 0 Å². The summed E-state index contributed by atoms with van der Waals surface area (Å²) in [6.07, 6.45) is 9.29. The maximum Gasteiger partial charge on any atom is -0.00223 e. The average molecular weight is 204 g/mol. The maximum atomic E-state index is 2.49. The van der Waals surface area contributed by atoms with E-state index in [1.54, 1.807) is 16.7 Å². The Morgan fingerprint density at radius 3 is 2.60 bits per heavy atom. The van der Waals surface area contributed by atoms with E-state index in [-0.39, 0.29) is 0 Å². The number of rotatable bonds is 0. The first-order valence-corrected chi connectivity index (χ1v) is 6.39. The summed E-state index contributed by atoms with van der Waals surface area (Å²) in [5.74, 6) is 0.895. The van der Waals surface area contributed by atoms with Crippen LogP contribution in [0.1, 0.15) is 59.8 Å². The molecule has 0 amide bonds. The van der Waals surface area contributed by atoms with E-state index in [0.29, 0.717) is 5.41 Å². The molecule has 2 aliphatic rings. The van der Waals surface area contributed by atoms with Crippen LogP contribution in [0.2, 0.25) is 0 Å². The summed E-state index contributed by atoms with van der Waals surface area (Å²) in [5, 5.41) is 0. The zero-order valence-electron chi connectivity index (χ0n) is 10.7. The molecule has 1 saturated carbocycles. The van der Waals surface area contributed by atoms with Crippen molar-refractivity contribution >= 4 is 0 Å². The van der Waals surface area contributed by atoms with Gasteiger partial charge in [0.15, 0.2) is 0 Å². The van der Waals surface area contributed by atoms with Gasteiger partial charge in [-0.15, -0.1) is 0 Å². The fourth-order valence-corrected chi connectivity index (χ4v) is 3.63. The van der Waals surface area contributed by atoms with Gasteiger partial charge >= 0.3 is 0 Å². The molecule has 0 radical (unpaired) electrons. The lowest BCUT2D eigenvalue weighted by Gasteiger charge is -2.38. The van der Waals surface area contributed by atoms with Crippen LogP contribution in [0.3, 0.4) is 0 Å². The third-order valence-electron chi connectivity index (χ3n) is 4.76. The second-order valence-electron chi connectivity index (χ2n) is 5.83. The van der Waals surface area contributed by atoms with Gasteiger partial charge in [-0.3, -0.25) is 0 Å². The molecule has 2 rings (SSSR count). The summed E-state index contributed by atoms with van der Waals surface area (Å²) in [4.78, 5) is 0. The topological polar surface area (TPSA) is 0 Å². The van der Waals surface area contributed by atoms with Crippen LogP contribution in [0, 0.1) is 11.3 Å². The highest BCUT2D eigenvalue weighted by Gasteiger charge is 2.44. The average Bonchev–Trinajstić information content (AvgIpc) is 2.50. The van der Waals surface area contributed by atoms with Gasteiger partial charge in [0.1, 0.15) is 0 Å². The largest absolute Gasteiger partial charge is 0.0847 e. The first-order valence-electron chi connectivity index (χ1n) is 6.39. The summed E-state index contributed by atoms with van der Waals surface area (Å²) >= 11 is 0. The number of allylic oxidation sites excluding steroid dienone is 4. The second-order valence-corrected chi connectivity index (χ2v) is 5.83. The lowest BCUT2D eigenvalue weighted by molar-refractivity contribution is 0.235. The first kappa shape index (κ1) is 11.0. The molecule has 15 heavy (non-hydrogen) atoms. The molecular formula is C15H24. The molecule has 0 N–H and O–H groups in total. The molecule has 0 bridgehead atoms. The minimum absolute atomic E-state index is 0.554. The second kappa shape index (κ2) is 3.81. The molecule has 1 fully saturated rings. The molecule has 1 spiro atoms. The molecule has 84 valence electrons. The SMILES string of the molecule is CC1=CC[C@@]2(CC1)C(=C(C)C)CC[C@@H]2C. The molecule has 0 heteroatoms. The molecule has 0 aromatic carbocycles. The van der Waals surface area contributed by atoms with E-state index in [2.05, 4.69) is 33.8 Å². The van der Waals surface area contributed by atoms with Crippen LogP contribution in [-0.2, 0) is 0 Å². The Bertz CT molecular complexity index is 315. The third-order valence-corrected chi connectivity index (χ3v) is 4.76. The van der Waals surface area contributed by atoms with Crippen LogP contribution in [0.15, 0.2) is 22.8 Å². The Labute approximate surface area is 94.5 Å². The summed E-state index contributed by atoms with van der Waals surface area (Å²) in [7, 11) is 0. The summed E-state index contributed by atoms with van der Waals surface area (Å²) in [5.41, 5.74) is 5.54. The number of hydrogen-bond donors (Lipinski definition) is 0. The third kappa shape index (κ3) is 1.68. The van der Waals surface area contributed by atoms with Gasteiger partial charge < -0.3 is 0 Å². The normalized spacial score (nSPS) is 35.9. The lowest BCUT2D eigenvalue weighted by atomic mass is 9.66. The Balaban J connectivity index is 2.36. The smallest absolute Gasteiger partial charge is 0.00223 e. The Morgan fingerprint density at radius 2 is 2.07 bits per heavy atom. The van der Waals surface area contributed by atoms with Crippen molar-refractivity contribution in [1.82, 2.24) is 0 Å². The maximum absolute atomic E-state index is 2.49. The van der Waals surface area contributed by atoms with Crippen LogP contribution < -0.4 is 0 Å². The minimum Gasteiger partial charge on any atom is -0.0847 e. The molecule has 0 aromatic rings. The van der Waals surface area contributed by atoms with Crippen molar-refractivity contribution in [2.45, 2.75) is 59.8 Å². The van der Waals surface area contributed by atoms with Crippen molar-refractivity contribution in [3.8, 4) is 0 Å². The van der Waals surface area contributed by atoms with Gasteiger partial charge in [0.2, 0.25) is 0 Å². The number of hydrogen-bond acceptors (Lipinski definition) is 0. The van der Waals surface area contributed by atoms with E-state index in [0.717, 1.165) is 5.92 Å². The van der Waals surface area contributed by atoms with Crippen molar-refractivity contribution in [3.63, 3.8) is 0 Å². The van der Waals surface area contributed by atoms with Gasteiger partial charge in [-0.1, -0.05) is 29.7 Å². The highest BCUT2D eigenvalue weighted by Crippen LogP contribution is 2.56. The predicted molar refractivity (Wildman–Crippen MR) is 66.8 cm³/mol. The van der Waals surface area contributed by atoms with Crippen molar-refractivity contribution in [3.05, 3.63) is 22.8 Å². The molecule has 0 unspecified atom stereocenters. The Morgan fingerprint density at radius 1 is 1.33 bits per heavy atom. The molecule has 0 aromatic heterocycles. The molecular weight excluding hydrogens is 180 g/mol. The fraction of sp³-hybridized carbons (Fsp3) is 0.733. The standard InChI is InChI=1S/C15H24/c1-11(2)14-6-5-13(4)15(14)9-7-12(3)8-10-15/h7,13H,5-6,8-10H2,1-4H3/t13-,15-/m0/s1. The lowest BCUT2D eigenvalue weighted by Crippen LogP contribution is -2.28. The van der Waals surface area contributed by atoms with Crippen LogP contribution in [-0.4, -0.2) is 0 Å². The molecule has 2 atom stereocenters. The van der Waals surface area contributed by atoms with E-state index in [1.165, 1.54) is 32.1 Å². The van der Waals surface area contributed by atoms with Gasteiger partial charge in [-0.25, -0.2) is 0 Å². The minimum atomic E-state index is 0.554. The van der Waals surface area contributed by atoms with Gasteiger partial charge in [0.05, 0.1) is 0 Å². The van der Waals surface area contributed by atoms with E-state index in [1.807, 2.05) is 0 Å². The zero-order valence-corrected chi connectivity index (χ0v) is 10.7. The summed E-state index contributed by atoms with van der Waals surface area (Å²) in [6.45, 7) is 9.36. The van der Waals surface area contributed by atoms with E-state index < -0.39 is 0 Å². The van der Waals surface area contributed by atoms with Crippen molar-refractivity contribution in [1.29, 1.82) is 0 Å². The van der Waals surface area contributed by atoms with E-state index in [9.17, 15) is 0 Å². The van der Waals surface area contributed by atoms with Gasteiger partial charge in [0, 0.05) is 0 Å². The molecule has 0 aliphatic heterocycles. The van der Waals surface area contributed by atoms with Crippen molar-refractivity contribution in [2.75, 3.05) is 0 Å². The van der Waals surface area contributed by atoms with Crippen molar-refractivity contribution in [2.24, 2.45) is 11.3 Å². The quantitative estimate of drug-likeness (QED) is 0.494. The Kier molecular flexibility index (Phi) is 2.79. The highest BCUT2D eigenvalue weighted by atomic mass is 14.5. The fourth-order valence-electron chi connectivity index (χ4n) is 3.63. The summed E-state index contributed by atoms with van der Waals surface area (Å²) in [6, 6.07) is 0.